The van der Waals surface area contributed by atoms with Crippen molar-refractivity contribution >= 4 is 21.4 Å². The molecule has 2 aromatic rings. The molecule has 0 aromatic heterocycles. The fourth-order valence-corrected chi connectivity index (χ4v) is 3.38. The van der Waals surface area contributed by atoms with Crippen molar-refractivity contribution in [1.29, 1.82) is 0 Å². The normalized spacial score (nSPS) is 11.6. The molecule has 2 rings (SSSR count). The van der Waals surface area contributed by atoms with Crippen molar-refractivity contribution in [2.24, 2.45) is 0 Å². The number of nitrogen functional groups attached to an aromatic ring is 1. The van der Waals surface area contributed by atoms with Crippen LogP contribution in [0.15, 0.2) is 47.4 Å². The molecule has 0 aliphatic heterocycles. The summed E-state index contributed by atoms with van der Waals surface area (Å²) in [4.78, 5) is -0.524. The molecule has 4 nitrogen and oxygen atoms in total. The maximum absolute atomic E-state index is 13.8. The van der Waals surface area contributed by atoms with Crippen LogP contribution in [0.25, 0.3) is 0 Å². The Bertz CT molecular complexity index is 738. The van der Waals surface area contributed by atoms with Gasteiger partial charge in [0.2, 0.25) is 0 Å². The predicted molar refractivity (Wildman–Crippen MR) is 82.2 cm³/mol. The molecule has 0 bridgehead atoms. The number of nitrogens with one attached hydrogen (secondary N) is 1. The third kappa shape index (κ3) is 3.16. The highest BCUT2D eigenvalue weighted by Crippen LogP contribution is 2.28. The maximum atomic E-state index is 13.8. The van der Waals surface area contributed by atoms with Crippen molar-refractivity contribution in [1.82, 2.24) is 0 Å². The van der Waals surface area contributed by atoms with Gasteiger partial charge in [0.25, 0.3) is 10.0 Å². The van der Waals surface area contributed by atoms with Crippen LogP contribution in [0.3, 0.4) is 0 Å². The van der Waals surface area contributed by atoms with E-state index in [0.29, 0.717) is 5.69 Å². The first-order valence-electron chi connectivity index (χ1n) is 6.48. The van der Waals surface area contributed by atoms with E-state index >= 15 is 0 Å². The van der Waals surface area contributed by atoms with Gasteiger partial charge in [-0.3, -0.25) is 4.72 Å². The highest BCUT2D eigenvalue weighted by molar-refractivity contribution is 7.92. The molecule has 2 aromatic carbocycles. The van der Waals surface area contributed by atoms with Gasteiger partial charge in [0.1, 0.15) is 10.7 Å². The Morgan fingerprint density at radius 2 is 1.76 bits per heavy atom. The molecule has 0 fully saturated rings. The number of sulfonamides is 1. The van der Waals surface area contributed by atoms with Crippen molar-refractivity contribution in [3.63, 3.8) is 0 Å². The lowest BCUT2D eigenvalue weighted by Gasteiger charge is -2.15. The zero-order valence-electron chi connectivity index (χ0n) is 11.8. The zero-order valence-corrected chi connectivity index (χ0v) is 12.6. The van der Waals surface area contributed by atoms with E-state index in [9.17, 15) is 12.8 Å². The van der Waals surface area contributed by atoms with E-state index in [4.69, 9.17) is 5.73 Å². The van der Waals surface area contributed by atoms with Gasteiger partial charge in [-0.2, -0.15) is 0 Å². The molecule has 0 heterocycles. The Morgan fingerprint density at radius 3 is 2.38 bits per heavy atom. The van der Waals surface area contributed by atoms with Crippen LogP contribution in [0.4, 0.5) is 15.8 Å². The average molecular weight is 308 g/mol. The second-order valence-corrected chi connectivity index (χ2v) is 6.62. The summed E-state index contributed by atoms with van der Waals surface area (Å²) in [7, 11) is -4.08. The van der Waals surface area contributed by atoms with Crippen LogP contribution in [0.2, 0.25) is 0 Å². The van der Waals surface area contributed by atoms with Crippen LogP contribution in [0, 0.1) is 5.82 Å². The van der Waals surface area contributed by atoms with Gasteiger partial charge in [-0.25, -0.2) is 12.8 Å². The number of nitrogens with two attached hydrogens (primary N) is 1. The molecule has 0 aliphatic carbocycles. The van der Waals surface area contributed by atoms with Crippen molar-refractivity contribution in [2.45, 2.75) is 24.7 Å². The quantitative estimate of drug-likeness (QED) is 0.851. The lowest BCUT2D eigenvalue weighted by Crippen LogP contribution is -2.17. The second kappa shape index (κ2) is 5.73. The monoisotopic (exact) mass is 308 g/mol. The van der Waals surface area contributed by atoms with Crippen LogP contribution >= 0.6 is 0 Å². The molecule has 0 saturated carbocycles. The van der Waals surface area contributed by atoms with Gasteiger partial charge in [-0.1, -0.05) is 38.1 Å². The highest BCUT2D eigenvalue weighted by Gasteiger charge is 2.23. The Hall–Kier alpha value is -2.08. The lowest BCUT2D eigenvalue weighted by atomic mass is 10.0. The van der Waals surface area contributed by atoms with Gasteiger partial charge < -0.3 is 5.73 Å². The molecule has 0 amide bonds. The van der Waals surface area contributed by atoms with Crippen LogP contribution in [0.5, 0.6) is 0 Å². The summed E-state index contributed by atoms with van der Waals surface area (Å²) in [5.74, 6) is -0.744. The number of hydrogen-bond acceptors (Lipinski definition) is 3. The van der Waals surface area contributed by atoms with Gasteiger partial charge in [0.15, 0.2) is 0 Å². The summed E-state index contributed by atoms with van der Waals surface area (Å²) in [5.41, 5.74) is 6.73. The fraction of sp³-hybridized carbons (Fsp3) is 0.200. The SMILES string of the molecule is CC(C)c1ccccc1NS(=O)(=O)c1c(N)cccc1F. The van der Waals surface area contributed by atoms with Gasteiger partial charge in [-0.05, 0) is 29.7 Å². The minimum Gasteiger partial charge on any atom is -0.398 e. The molecule has 0 unspecified atom stereocenters. The number of benzene rings is 2. The first-order valence-corrected chi connectivity index (χ1v) is 7.97. The molecule has 0 aliphatic rings. The summed E-state index contributed by atoms with van der Waals surface area (Å²) in [6.07, 6.45) is 0. The summed E-state index contributed by atoms with van der Waals surface area (Å²) < 4.78 is 41.0. The fourth-order valence-electron chi connectivity index (χ4n) is 2.10. The van der Waals surface area contributed by atoms with Crippen LogP contribution in [-0.2, 0) is 10.0 Å². The van der Waals surface area contributed by atoms with Crippen molar-refractivity contribution in [3.05, 3.63) is 53.8 Å². The number of para-hydroxylation sites is 1. The molecular weight excluding hydrogens is 291 g/mol. The summed E-state index contributed by atoms with van der Waals surface area (Å²) in [6, 6.07) is 10.8. The molecule has 6 heteroatoms. The molecule has 0 spiro atoms. The number of rotatable bonds is 4. The standard InChI is InChI=1S/C15H17FN2O2S/c1-10(2)11-6-3-4-9-14(11)18-21(19,20)15-12(16)7-5-8-13(15)17/h3-10,18H,17H2,1-2H3. The van der Waals surface area contributed by atoms with Crippen LogP contribution in [0.1, 0.15) is 25.3 Å². The minimum absolute atomic E-state index is 0.121. The van der Waals surface area contributed by atoms with Gasteiger partial charge >= 0.3 is 0 Å². The first kappa shape index (κ1) is 15.3. The third-order valence-corrected chi connectivity index (χ3v) is 4.55. The third-order valence-electron chi connectivity index (χ3n) is 3.09. The van der Waals surface area contributed by atoms with Crippen LogP contribution in [-0.4, -0.2) is 8.42 Å². The minimum atomic E-state index is -4.08. The van der Waals surface area contributed by atoms with E-state index in [0.717, 1.165) is 11.6 Å². The Morgan fingerprint density at radius 1 is 1.10 bits per heavy atom. The second-order valence-electron chi connectivity index (χ2n) is 5.01. The van der Waals surface area contributed by atoms with Crippen molar-refractivity contribution < 1.29 is 12.8 Å². The van der Waals surface area contributed by atoms with Gasteiger partial charge in [-0.15, -0.1) is 0 Å². The number of anilines is 2. The van der Waals surface area contributed by atoms with Gasteiger partial charge in [0, 0.05) is 0 Å². The highest BCUT2D eigenvalue weighted by atomic mass is 32.2. The predicted octanol–water partition coefficient (Wildman–Crippen LogP) is 3.33. The summed E-state index contributed by atoms with van der Waals surface area (Å²) >= 11 is 0. The van der Waals surface area contributed by atoms with E-state index in [2.05, 4.69) is 4.72 Å². The topological polar surface area (TPSA) is 72.2 Å². The lowest BCUT2D eigenvalue weighted by molar-refractivity contribution is 0.571. The van der Waals surface area contributed by atoms with Crippen molar-refractivity contribution in [3.8, 4) is 0 Å². The molecular formula is C15H17FN2O2S. The maximum Gasteiger partial charge on any atom is 0.266 e. The molecule has 0 saturated heterocycles. The Balaban J connectivity index is 2.48. The van der Waals surface area contributed by atoms with Crippen molar-refractivity contribution in [2.75, 3.05) is 10.5 Å². The van der Waals surface area contributed by atoms with E-state index in [1.54, 1.807) is 12.1 Å². The van der Waals surface area contributed by atoms with E-state index in [-0.39, 0.29) is 11.6 Å². The molecule has 21 heavy (non-hydrogen) atoms. The number of halogens is 1. The smallest absolute Gasteiger partial charge is 0.266 e. The Labute approximate surface area is 123 Å². The molecule has 112 valence electrons. The van der Waals surface area contributed by atoms with E-state index in [1.807, 2.05) is 26.0 Å². The van der Waals surface area contributed by atoms with Crippen LogP contribution < -0.4 is 10.5 Å². The van der Waals surface area contributed by atoms with E-state index in [1.165, 1.54) is 12.1 Å². The summed E-state index contributed by atoms with van der Waals surface area (Å²) in [6.45, 7) is 3.90. The molecule has 0 atom stereocenters. The van der Waals surface area contributed by atoms with Gasteiger partial charge in [0.05, 0.1) is 11.4 Å². The number of hydrogen-bond donors (Lipinski definition) is 2. The zero-order chi connectivity index (χ0) is 15.6. The molecule has 0 radical (unpaired) electrons. The molecule has 3 N–H and O–H groups in total. The van der Waals surface area contributed by atoms with E-state index < -0.39 is 20.7 Å². The first-order chi connectivity index (χ1) is 9.83. The largest absolute Gasteiger partial charge is 0.398 e. The average Bonchev–Trinajstić information content (AvgIpc) is 2.37. The summed E-state index contributed by atoms with van der Waals surface area (Å²) in [5, 5.41) is 0. The Kier molecular flexibility index (Phi) is 4.18.